The molecule has 0 aromatic heterocycles. The summed E-state index contributed by atoms with van der Waals surface area (Å²) in [6.45, 7) is 0.733. The second-order valence-electron chi connectivity index (χ2n) is 12.2. The van der Waals surface area contributed by atoms with Crippen LogP contribution in [0.3, 0.4) is 0 Å². The lowest BCUT2D eigenvalue weighted by molar-refractivity contribution is -0.130. The van der Waals surface area contributed by atoms with Crippen molar-refractivity contribution in [1.29, 1.82) is 5.41 Å². The molecule has 0 fully saturated rings. The molecule has 51 heavy (non-hydrogen) atoms. The highest BCUT2D eigenvalue weighted by molar-refractivity contribution is 7.88. The molecule has 0 bridgehead atoms. The summed E-state index contributed by atoms with van der Waals surface area (Å²) in [5.41, 5.74) is 15.7. The molecule has 268 valence electrons. The molecule has 0 saturated heterocycles. The highest BCUT2D eigenvalue weighted by Gasteiger charge is 2.30. The third-order valence-electron chi connectivity index (χ3n) is 8.26. The Labute approximate surface area is 303 Å². The van der Waals surface area contributed by atoms with Gasteiger partial charge in [0.25, 0.3) is 6.47 Å². The van der Waals surface area contributed by atoms with E-state index in [0.717, 1.165) is 22.3 Å². The maximum absolute atomic E-state index is 14.1. The number of sulfonamides is 1. The molecule has 0 aliphatic carbocycles. The van der Waals surface area contributed by atoms with Crippen molar-refractivity contribution >= 4 is 45.6 Å². The summed E-state index contributed by atoms with van der Waals surface area (Å²) in [6, 6.07) is 26.7. The number of nitrogens with one attached hydrogen (secondary N) is 3. The zero-order valence-electron chi connectivity index (χ0n) is 28.0. The summed E-state index contributed by atoms with van der Waals surface area (Å²) in [7, 11) is -4.07. The highest BCUT2D eigenvalue weighted by atomic mass is 35.5. The number of aryl methyl sites for hydroxylation is 1. The summed E-state index contributed by atoms with van der Waals surface area (Å²) in [4.78, 5) is 38.6. The van der Waals surface area contributed by atoms with E-state index in [4.69, 9.17) is 33.2 Å². The molecule has 0 unspecified atom stereocenters. The minimum Gasteiger partial charge on any atom is -0.429 e. The largest absolute Gasteiger partial charge is 0.429 e. The van der Waals surface area contributed by atoms with Gasteiger partial charge < -0.3 is 21.5 Å². The Balaban J connectivity index is 1.55. The molecule has 0 aliphatic rings. The standard InChI is InChI=1S/C38H42ClN5O6S/c39-33-10-2-5-26(19-33)6-4-12-35(44-51(48,49)24-30-9-3-11-34(20-30)50-25-45)36(46)21-32(18-28-7-1-8-29(17-28)22-40)38(47)43-23-27-13-15-31(16-14-27)37(41)42/h1-3,5,7-11,13-17,19-20,25,32,35,44H,4,6,12,18,21-24,40H2,(H3,41,42)(H,43,47)/t32-,35-/m1/s1. The maximum Gasteiger partial charge on any atom is 0.298 e. The Hall–Kier alpha value is -4.88. The van der Waals surface area contributed by atoms with Gasteiger partial charge in [0.1, 0.15) is 11.6 Å². The van der Waals surface area contributed by atoms with Crippen LogP contribution >= 0.6 is 11.6 Å². The van der Waals surface area contributed by atoms with Crippen LogP contribution in [0.4, 0.5) is 0 Å². The van der Waals surface area contributed by atoms with E-state index in [1.54, 1.807) is 42.5 Å². The summed E-state index contributed by atoms with van der Waals surface area (Å²) >= 11 is 6.16. The van der Waals surface area contributed by atoms with E-state index in [1.165, 1.54) is 12.1 Å². The predicted molar refractivity (Wildman–Crippen MR) is 198 cm³/mol. The molecule has 0 saturated carbocycles. The Morgan fingerprint density at radius 2 is 1.57 bits per heavy atom. The molecular weight excluding hydrogens is 690 g/mol. The van der Waals surface area contributed by atoms with Crippen molar-refractivity contribution in [3.05, 3.63) is 135 Å². The van der Waals surface area contributed by atoms with Gasteiger partial charge in [-0.25, -0.2) is 13.1 Å². The van der Waals surface area contributed by atoms with Crippen molar-refractivity contribution in [3.8, 4) is 5.75 Å². The van der Waals surface area contributed by atoms with Crippen LogP contribution in [0.5, 0.6) is 5.75 Å². The van der Waals surface area contributed by atoms with Crippen molar-refractivity contribution in [1.82, 2.24) is 10.0 Å². The summed E-state index contributed by atoms with van der Waals surface area (Å²) < 4.78 is 34.4. The number of ketones is 1. The fraction of sp³-hybridized carbons (Fsp3) is 0.263. The second kappa shape index (κ2) is 18.9. The van der Waals surface area contributed by atoms with E-state index in [0.29, 0.717) is 35.5 Å². The number of amides is 1. The van der Waals surface area contributed by atoms with Gasteiger partial charge in [-0.15, -0.1) is 0 Å². The Morgan fingerprint density at radius 3 is 2.27 bits per heavy atom. The van der Waals surface area contributed by atoms with Gasteiger partial charge in [0.15, 0.2) is 5.78 Å². The molecule has 4 aromatic carbocycles. The van der Waals surface area contributed by atoms with E-state index in [9.17, 15) is 22.8 Å². The second-order valence-corrected chi connectivity index (χ2v) is 14.4. The first-order valence-corrected chi connectivity index (χ1v) is 18.4. The number of halogens is 1. The van der Waals surface area contributed by atoms with E-state index >= 15 is 0 Å². The topological polar surface area (TPSA) is 195 Å². The molecule has 7 N–H and O–H groups in total. The number of benzene rings is 4. The van der Waals surface area contributed by atoms with Gasteiger partial charge in [-0.05, 0) is 77.8 Å². The van der Waals surface area contributed by atoms with Crippen LogP contribution in [0.1, 0.15) is 52.6 Å². The molecule has 4 aromatic rings. The fourth-order valence-electron chi connectivity index (χ4n) is 5.68. The molecule has 13 heteroatoms. The van der Waals surface area contributed by atoms with Crippen LogP contribution in [0.2, 0.25) is 5.02 Å². The first-order valence-electron chi connectivity index (χ1n) is 16.4. The minimum atomic E-state index is -4.07. The van der Waals surface area contributed by atoms with Gasteiger partial charge in [-0.2, -0.15) is 0 Å². The first-order chi connectivity index (χ1) is 24.4. The van der Waals surface area contributed by atoms with Gasteiger partial charge in [-0.1, -0.05) is 84.4 Å². The highest BCUT2D eigenvalue weighted by Crippen LogP contribution is 2.21. The molecule has 0 heterocycles. The van der Waals surface area contributed by atoms with Gasteiger partial charge in [0, 0.05) is 36.0 Å². The molecular formula is C38H42ClN5O6S. The average Bonchev–Trinajstić information content (AvgIpc) is 3.10. The Bertz CT molecular complexity index is 1940. The molecule has 0 aliphatic heterocycles. The molecule has 11 nitrogen and oxygen atoms in total. The number of ether oxygens (including phenoxy) is 1. The molecule has 4 rings (SSSR count). The normalized spacial score (nSPS) is 12.4. The zero-order chi connectivity index (χ0) is 36.8. The van der Waals surface area contributed by atoms with E-state index in [-0.39, 0.29) is 49.8 Å². The van der Waals surface area contributed by atoms with Gasteiger partial charge in [-0.3, -0.25) is 19.8 Å². The smallest absolute Gasteiger partial charge is 0.298 e. The van der Waals surface area contributed by atoms with Crippen molar-refractivity contribution in [2.45, 2.75) is 57.0 Å². The van der Waals surface area contributed by atoms with E-state index < -0.39 is 33.5 Å². The number of Topliss-reactive ketones (excluding diaryl/α,β-unsaturated/α-hetero) is 1. The van der Waals surface area contributed by atoms with E-state index in [2.05, 4.69) is 10.0 Å². The number of hydrogen-bond donors (Lipinski definition) is 5. The number of nitrogens with two attached hydrogens (primary N) is 2. The van der Waals surface area contributed by atoms with Crippen molar-refractivity contribution in [2.24, 2.45) is 17.4 Å². The lowest BCUT2D eigenvalue weighted by Gasteiger charge is -2.22. The zero-order valence-corrected chi connectivity index (χ0v) is 29.6. The van der Waals surface area contributed by atoms with Crippen molar-refractivity contribution in [2.75, 3.05) is 0 Å². The van der Waals surface area contributed by atoms with Crippen molar-refractivity contribution < 1.29 is 27.5 Å². The maximum atomic E-state index is 14.1. The number of amidine groups is 1. The third-order valence-corrected chi connectivity index (χ3v) is 9.85. The molecule has 0 radical (unpaired) electrons. The predicted octanol–water partition coefficient (Wildman–Crippen LogP) is 4.56. The first kappa shape index (κ1) is 38.9. The number of carbonyl (C=O) groups is 3. The summed E-state index contributed by atoms with van der Waals surface area (Å²) in [6.07, 6.45) is 1.19. The SMILES string of the molecule is N=C(N)c1ccc(CNC(=O)[C@@H](CC(=O)[C@@H](CCCc2cccc(Cl)c2)NS(=O)(=O)Cc2cccc(OC=O)c2)Cc2cccc(CN)c2)cc1. The van der Waals surface area contributed by atoms with Crippen LogP contribution in [0, 0.1) is 11.3 Å². The Kier molecular flexibility index (Phi) is 14.4. The average molecular weight is 732 g/mol. The number of nitrogen functional groups attached to an aromatic ring is 1. The molecule has 1 amide bonds. The van der Waals surface area contributed by atoms with Gasteiger partial charge in [0.05, 0.1) is 11.8 Å². The number of hydrogen-bond acceptors (Lipinski definition) is 8. The van der Waals surface area contributed by atoms with Crippen LogP contribution in [0.15, 0.2) is 97.1 Å². The Morgan fingerprint density at radius 1 is 0.882 bits per heavy atom. The van der Waals surface area contributed by atoms with Crippen molar-refractivity contribution in [3.63, 3.8) is 0 Å². The molecule has 2 atom stereocenters. The monoisotopic (exact) mass is 731 g/mol. The number of carbonyl (C=O) groups excluding carboxylic acids is 3. The fourth-order valence-corrected chi connectivity index (χ4v) is 7.27. The minimum absolute atomic E-state index is 0.0675. The van der Waals surface area contributed by atoms with Crippen LogP contribution < -0.4 is 26.2 Å². The lowest BCUT2D eigenvalue weighted by atomic mass is 9.89. The van der Waals surface area contributed by atoms with Gasteiger partial charge >= 0.3 is 0 Å². The van der Waals surface area contributed by atoms with Crippen LogP contribution in [0.25, 0.3) is 0 Å². The molecule has 0 spiro atoms. The quantitative estimate of drug-likeness (QED) is 0.0496. The summed E-state index contributed by atoms with van der Waals surface area (Å²) in [5, 5.41) is 11.1. The van der Waals surface area contributed by atoms with Crippen LogP contribution in [-0.4, -0.2) is 38.5 Å². The van der Waals surface area contributed by atoms with Gasteiger partial charge in [0.2, 0.25) is 15.9 Å². The third kappa shape index (κ3) is 12.7. The number of rotatable bonds is 20. The van der Waals surface area contributed by atoms with Crippen LogP contribution in [-0.2, 0) is 56.1 Å². The summed E-state index contributed by atoms with van der Waals surface area (Å²) in [5.74, 6) is -1.96. The lowest BCUT2D eigenvalue weighted by Crippen LogP contribution is -2.43. The van der Waals surface area contributed by atoms with E-state index in [1.807, 2.05) is 42.5 Å².